The number of nitrogens with zero attached hydrogens (tertiary/aromatic N) is 4. The molecule has 2 aromatic carbocycles. The number of carbonyl (C=O) groups excluding carboxylic acids is 1. The van der Waals surface area contributed by atoms with Crippen LogP contribution in [0.5, 0.6) is 0 Å². The van der Waals surface area contributed by atoms with Gasteiger partial charge >= 0.3 is 0 Å². The van der Waals surface area contributed by atoms with Gasteiger partial charge in [-0.2, -0.15) is 9.61 Å². The van der Waals surface area contributed by atoms with Crippen LogP contribution in [-0.4, -0.2) is 25.7 Å². The van der Waals surface area contributed by atoms with E-state index in [1.54, 1.807) is 28.8 Å². The van der Waals surface area contributed by atoms with E-state index in [1.807, 2.05) is 24.3 Å². The molecule has 0 aliphatic carbocycles. The first-order valence-corrected chi connectivity index (χ1v) is 9.72. The van der Waals surface area contributed by atoms with Crippen molar-refractivity contribution in [1.82, 2.24) is 19.8 Å². The molecule has 0 saturated carbocycles. The van der Waals surface area contributed by atoms with Gasteiger partial charge < -0.3 is 5.32 Å². The van der Waals surface area contributed by atoms with Gasteiger partial charge in [0.1, 0.15) is 5.01 Å². The molecule has 1 N–H and O–H groups in total. The lowest BCUT2D eigenvalue weighted by Gasteiger charge is -2.06. The highest BCUT2D eigenvalue weighted by Gasteiger charge is 2.13. The predicted octanol–water partition coefficient (Wildman–Crippen LogP) is 4.71. The fraction of sp³-hybridized carbons (Fsp3) is 0.158. The number of fused-ring (bicyclic) bond motifs is 1. The average molecular weight is 398 g/mol. The van der Waals surface area contributed by atoms with Gasteiger partial charge in [-0.05, 0) is 42.8 Å². The van der Waals surface area contributed by atoms with Gasteiger partial charge in [-0.15, -0.1) is 10.2 Å². The molecule has 0 fully saturated rings. The summed E-state index contributed by atoms with van der Waals surface area (Å²) in [7, 11) is 0. The maximum atomic E-state index is 12.4. The third-order valence-electron chi connectivity index (χ3n) is 4.00. The molecule has 27 heavy (non-hydrogen) atoms. The molecule has 1 amide bonds. The number of nitrogens with one attached hydrogen (secondary N) is 1. The first-order valence-electron chi connectivity index (χ1n) is 8.52. The number of rotatable bonds is 5. The number of carbonyl (C=O) groups is 1. The highest BCUT2D eigenvalue weighted by atomic mass is 35.5. The average Bonchev–Trinajstić information content (AvgIpc) is 3.25. The summed E-state index contributed by atoms with van der Waals surface area (Å²) in [6.45, 7) is 2.10. The van der Waals surface area contributed by atoms with Crippen LogP contribution in [0.15, 0.2) is 48.5 Å². The van der Waals surface area contributed by atoms with Gasteiger partial charge in [-0.1, -0.05) is 42.0 Å². The molecule has 0 spiro atoms. The summed E-state index contributed by atoms with van der Waals surface area (Å²) in [4.78, 5) is 13.2. The fourth-order valence-corrected chi connectivity index (χ4v) is 3.67. The van der Waals surface area contributed by atoms with E-state index >= 15 is 0 Å². The lowest BCUT2D eigenvalue weighted by atomic mass is 10.2. The third-order valence-corrected chi connectivity index (χ3v) is 5.20. The number of anilines is 1. The predicted molar refractivity (Wildman–Crippen MR) is 107 cm³/mol. The monoisotopic (exact) mass is 397 g/mol. The van der Waals surface area contributed by atoms with E-state index in [9.17, 15) is 4.79 Å². The van der Waals surface area contributed by atoms with E-state index in [0.717, 1.165) is 34.2 Å². The van der Waals surface area contributed by atoms with Gasteiger partial charge in [-0.25, -0.2) is 0 Å². The minimum Gasteiger partial charge on any atom is -0.322 e. The van der Waals surface area contributed by atoms with Crippen LogP contribution in [0.1, 0.15) is 29.5 Å². The summed E-state index contributed by atoms with van der Waals surface area (Å²) >= 11 is 7.34. The Bertz CT molecular complexity index is 1100. The summed E-state index contributed by atoms with van der Waals surface area (Å²) < 4.78 is 1.79. The van der Waals surface area contributed by atoms with Crippen LogP contribution in [0.3, 0.4) is 0 Å². The van der Waals surface area contributed by atoms with Crippen molar-refractivity contribution >= 4 is 39.5 Å². The number of hydrogen-bond donors (Lipinski definition) is 1. The molecule has 8 heteroatoms. The van der Waals surface area contributed by atoms with Crippen molar-refractivity contribution in [1.29, 1.82) is 0 Å². The second-order valence-corrected chi connectivity index (χ2v) is 7.40. The van der Waals surface area contributed by atoms with Crippen molar-refractivity contribution in [3.63, 3.8) is 0 Å². The molecular formula is C19H16ClN5OS. The number of halogens is 1. The first kappa shape index (κ1) is 17.6. The van der Waals surface area contributed by atoms with Crippen LogP contribution in [0.25, 0.3) is 15.5 Å². The second kappa shape index (κ2) is 7.46. The maximum absolute atomic E-state index is 12.4. The van der Waals surface area contributed by atoms with E-state index in [1.165, 1.54) is 11.3 Å². The number of benzene rings is 2. The van der Waals surface area contributed by atoms with Crippen LogP contribution in [0.2, 0.25) is 5.02 Å². The molecular weight excluding hydrogens is 382 g/mol. The summed E-state index contributed by atoms with van der Waals surface area (Å²) in [6, 6.07) is 14.4. The Morgan fingerprint density at radius 3 is 2.78 bits per heavy atom. The molecule has 0 saturated heterocycles. The summed E-state index contributed by atoms with van der Waals surface area (Å²) in [5, 5.41) is 17.3. The fourth-order valence-electron chi connectivity index (χ4n) is 2.69. The van der Waals surface area contributed by atoms with E-state index in [0.29, 0.717) is 16.3 Å². The van der Waals surface area contributed by atoms with Crippen molar-refractivity contribution < 1.29 is 4.79 Å². The number of aromatic nitrogens is 4. The number of hydrogen-bond acceptors (Lipinski definition) is 5. The smallest absolute Gasteiger partial charge is 0.255 e. The summed E-state index contributed by atoms with van der Waals surface area (Å²) in [5.41, 5.74) is 2.17. The second-order valence-electron chi connectivity index (χ2n) is 6.01. The van der Waals surface area contributed by atoms with E-state index < -0.39 is 0 Å². The van der Waals surface area contributed by atoms with Gasteiger partial charge in [0.2, 0.25) is 4.96 Å². The lowest BCUT2D eigenvalue weighted by molar-refractivity contribution is 0.102. The molecule has 136 valence electrons. The Labute approximate surface area is 164 Å². The SMILES string of the molecule is CCCc1nnc2sc(-c3cccc(NC(=O)c4ccc(Cl)cc4)c3)nn12. The first-order chi connectivity index (χ1) is 13.1. The Hall–Kier alpha value is -2.77. The minimum atomic E-state index is -0.188. The van der Waals surface area contributed by atoms with Crippen LogP contribution in [0.4, 0.5) is 5.69 Å². The Morgan fingerprint density at radius 1 is 1.19 bits per heavy atom. The highest BCUT2D eigenvalue weighted by molar-refractivity contribution is 7.19. The quantitative estimate of drug-likeness (QED) is 0.529. The normalized spacial score (nSPS) is 11.0. The Balaban J connectivity index is 1.59. The topological polar surface area (TPSA) is 72.2 Å². The van der Waals surface area contributed by atoms with Gasteiger partial charge in [0.25, 0.3) is 5.91 Å². The molecule has 6 nitrogen and oxygen atoms in total. The zero-order valence-electron chi connectivity index (χ0n) is 14.5. The lowest BCUT2D eigenvalue weighted by Crippen LogP contribution is -2.11. The molecule has 2 heterocycles. The van der Waals surface area contributed by atoms with Crippen LogP contribution < -0.4 is 5.32 Å². The third kappa shape index (κ3) is 3.70. The van der Waals surface area contributed by atoms with Crippen LogP contribution in [-0.2, 0) is 6.42 Å². The molecule has 0 radical (unpaired) electrons. The van der Waals surface area contributed by atoms with Crippen molar-refractivity contribution in [2.75, 3.05) is 5.32 Å². The number of aryl methyl sites for hydroxylation is 1. The molecule has 0 aliphatic heterocycles. The van der Waals surface area contributed by atoms with Crippen molar-refractivity contribution in [3.05, 3.63) is 64.9 Å². The van der Waals surface area contributed by atoms with Crippen molar-refractivity contribution in [3.8, 4) is 10.6 Å². The molecule has 0 bridgehead atoms. The number of amides is 1. The molecule has 4 aromatic rings. The summed E-state index contributed by atoms with van der Waals surface area (Å²) in [5.74, 6) is 0.675. The van der Waals surface area contributed by atoms with Gasteiger partial charge in [0.15, 0.2) is 5.82 Å². The van der Waals surface area contributed by atoms with E-state index in [2.05, 4.69) is 27.5 Å². The largest absolute Gasteiger partial charge is 0.322 e. The molecule has 0 atom stereocenters. The highest BCUT2D eigenvalue weighted by Crippen LogP contribution is 2.28. The minimum absolute atomic E-state index is 0.188. The summed E-state index contributed by atoms with van der Waals surface area (Å²) in [6.07, 6.45) is 1.82. The van der Waals surface area contributed by atoms with E-state index in [4.69, 9.17) is 11.6 Å². The molecule has 4 rings (SSSR count). The standard InChI is InChI=1S/C19H16ClN5OS/c1-2-4-16-22-23-19-25(16)24-18(27-19)13-5-3-6-15(11-13)21-17(26)12-7-9-14(20)10-8-12/h3,5-11H,2,4H2,1H3,(H,21,26). The van der Waals surface area contributed by atoms with Crippen LogP contribution >= 0.6 is 22.9 Å². The molecule has 0 unspecified atom stereocenters. The Kier molecular flexibility index (Phi) is 4.87. The zero-order valence-corrected chi connectivity index (χ0v) is 16.1. The zero-order chi connectivity index (χ0) is 18.8. The van der Waals surface area contributed by atoms with Gasteiger partial charge in [0, 0.05) is 28.3 Å². The van der Waals surface area contributed by atoms with E-state index in [-0.39, 0.29) is 5.91 Å². The van der Waals surface area contributed by atoms with Gasteiger partial charge in [-0.3, -0.25) is 4.79 Å². The van der Waals surface area contributed by atoms with Crippen LogP contribution in [0, 0.1) is 0 Å². The molecule has 0 aliphatic rings. The Morgan fingerprint density at radius 2 is 2.00 bits per heavy atom. The van der Waals surface area contributed by atoms with Crippen molar-refractivity contribution in [2.45, 2.75) is 19.8 Å². The van der Waals surface area contributed by atoms with Gasteiger partial charge in [0.05, 0.1) is 0 Å². The van der Waals surface area contributed by atoms with Crippen molar-refractivity contribution in [2.24, 2.45) is 0 Å². The molecule has 2 aromatic heterocycles. The maximum Gasteiger partial charge on any atom is 0.255 e.